The van der Waals surface area contributed by atoms with E-state index in [1.807, 2.05) is 0 Å². The Morgan fingerprint density at radius 3 is 2.88 bits per heavy atom. The van der Waals surface area contributed by atoms with Gasteiger partial charge in [-0.2, -0.15) is 0 Å². The zero-order valence-corrected chi connectivity index (χ0v) is 9.38. The molecule has 0 unspecified atom stereocenters. The van der Waals surface area contributed by atoms with Crippen molar-refractivity contribution in [1.82, 2.24) is 4.98 Å². The summed E-state index contributed by atoms with van der Waals surface area (Å²) in [5.41, 5.74) is 0.625. The molecule has 7 nitrogen and oxygen atoms in total. The van der Waals surface area contributed by atoms with Crippen molar-refractivity contribution >= 4 is 17.5 Å². The number of nitrogens with zero attached hydrogens (tertiary/aromatic N) is 2. The fourth-order valence-corrected chi connectivity index (χ4v) is 1.14. The third-order valence-electron chi connectivity index (χ3n) is 1.90. The molecule has 1 heterocycles. The predicted octanol–water partition coefficient (Wildman–Crippen LogP) is 1.35. The summed E-state index contributed by atoms with van der Waals surface area (Å²) in [7, 11) is 0. The van der Waals surface area contributed by atoms with Crippen molar-refractivity contribution in [2.75, 3.05) is 18.5 Å². The second-order valence-electron chi connectivity index (χ2n) is 3.14. The standard InChI is InChI=1S/C10H13N3O4/c1-2-17-10(14)5-6-11-8-3-4-9(12-7-8)13(15)16/h3-4,7,11H,2,5-6H2,1H3. The molecule has 0 aliphatic carbocycles. The molecular formula is C10H13N3O4. The lowest BCUT2D eigenvalue weighted by molar-refractivity contribution is -0.389. The predicted molar refractivity (Wildman–Crippen MR) is 60.6 cm³/mol. The molecule has 0 spiro atoms. The number of nitro groups is 1. The minimum Gasteiger partial charge on any atom is -0.466 e. The maximum absolute atomic E-state index is 11.0. The van der Waals surface area contributed by atoms with Gasteiger partial charge in [0.15, 0.2) is 6.20 Å². The van der Waals surface area contributed by atoms with E-state index in [-0.39, 0.29) is 18.2 Å². The van der Waals surface area contributed by atoms with Gasteiger partial charge in [-0.15, -0.1) is 0 Å². The minimum atomic E-state index is -0.567. The molecule has 0 fully saturated rings. The van der Waals surface area contributed by atoms with Gasteiger partial charge in [-0.25, -0.2) is 0 Å². The first-order valence-corrected chi connectivity index (χ1v) is 5.13. The van der Waals surface area contributed by atoms with Crippen molar-refractivity contribution in [2.24, 2.45) is 0 Å². The SMILES string of the molecule is CCOC(=O)CCNc1ccc([N+](=O)[O-])nc1. The summed E-state index contributed by atoms with van der Waals surface area (Å²) in [5.74, 6) is -0.490. The second-order valence-corrected chi connectivity index (χ2v) is 3.14. The average molecular weight is 239 g/mol. The summed E-state index contributed by atoms with van der Waals surface area (Å²) in [4.78, 5) is 24.4. The zero-order chi connectivity index (χ0) is 12.7. The van der Waals surface area contributed by atoms with Gasteiger partial charge in [-0.05, 0) is 22.9 Å². The normalized spacial score (nSPS) is 9.71. The van der Waals surface area contributed by atoms with Crippen molar-refractivity contribution in [2.45, 2.75) is 13.3 Å². The van der Waals surface area contributed by atoms with E-state index in [1.165, 1.54) is 18.3 Å². The maximum atomic E-state index is 11.0. The number of nitrogens with one attached hydrogen (secondary N) is 1. The Balaban J connectivity index is 2.37. The van der Waals surface area contributed by atoms with E-state index < -0.39 is 4.92 Å². The Hall–Kier alpha value is -2.18. The van der Waals surface area contributed by atoms with Crippen molar-refractivity contribution in [3.63, 3.8) is 0 Å². The van der Waals surface area contributed by atoms with Crippen LogP contribution in [0.5, 0.6) is 0 Å². The third-order valence-corrected chi connectivity index (χ3v) is 1.90. The number of esters is 1. The Bertz CT molecular complexity index is 391. The van der Waals surface area contributed by atoms with Crippen LogP contribution in [-0.4, -0.2) is 29.0 Å². The highest BCUT2D eigenvalue weighted by molar-refractivity contribution is 5.70. The van der Waals surface area contributed by atoms with E-state index in [0.717, 1.165) is 0 Å². The van der Waals surface area contributed by atoms with Gasteiger partial charge in [-0.3, -0.25) is 4.79 Å². The Morgan fingerprint density at radius 1 is 1.59 bits per heavy atom. The molecule has 0 amide bonds. The first kappa shape index (κ1) is 12.9. The number of hydrogen-bond donors (Lipinski definition) is 1. The molecule has 0 saturated heterocycles. The number of carbonyl (C=O) groups excluding carboxylic acids is 1. The molecule has 0 atom stereocenters. The molecule has 0 saturated carbocycles. The third kappa shape index (κ3) is 4.45. The number of pyridine rings is 1. The van der Waals surface area contributed by atoms with E-state index in [0.29, 0.717) is 18.8 Å². The Morgan fingerprint density at radius 2 is 2.35 bits per heavy atom. The van der Waals surface area contributed by atoms with Gasteiger partial charge in [0.05, 0.1) is 18.7 Å². The van der Waals surface area contributed by atoms with E-state index >= 15 is 0 Å². The molecule has 1 N–H and O–H groups in total. The van der Waals surface area contributed by atoms with Crippen molar-refractivity contribution in [3.05, 3.63) is 28.4 Å². The molecular weight excluding hydrogens is 226 g/mol. The molecule has 0 radical (unpaired) electrons. The van der Waals surface area contributed by atoms with Crippen LogP contribution in [0.15, 0.2) is 18.3 Å². The largest absolute Gasteiger partial charge is 0.466 e. The maximum Gasteiger partial charge on any atom is 0.363 e. The van der Waals surface area contributed by atoms with E-state index in [4.69, 9.17) is 4.74 Å². The summed E-state index contributed by atoms with van der Waals surface area (Å²) in [6.45, 7) is 2.50. The van der Waals surface area contributed by atoms with Gasteiger partial charge in [0.25, 0.3) is 0 Å². The first-order chi connectivity index (χ1) is 8.13. The smallest absolute Gasteiger partial charge is 0.363 e. The molecule has 7 heteroatoms. The minimum absolute atomic E-state index is 0.207. The molecule has 0 aromatic carbocycles. The quantitative estimate of drug-likeness (QED) is 0.457. The Labute approximate surface area is 98.0 Å². The summed E-state index contributed by atoms with van der Waals surface area (Å²) < 4.78 is 4.75. The van der Waals surface area contributed by atoms with Crippen LogP contribution in [0.3, 0.4) is 0 Å². The number of rotatable bonds is 6. The van der Waals surface area contributed by atoms with Crippen LogP contribution in [0, 0.1) is 10.1 Å². The number of anilines is 1. The van der Waals surface area contributed by atoms with Crippen LogP contribution >= 0.6 is 0 Å². The monoisotopic (exact) mass is 239 g/mol. The van der Waals surface area contributed by atoms with Gasteiger partial charge in [0.1, 0.15) is 0 Å². The molecule has 92 valence electrons. The van der Waals surface area contributed by atoms with Crippen molar-refractivity contribution in [3.8, 4) is 0 Å². The molecule has 1 aromatic heterocycles. The number of aromatic nitrogens is 1. The van der Waals surface area contributed by atoms with Gasteiger partial charge < -0.3 is 20.2 Å². The summed E-state index contributed by atoms with van der Waals surface area (Å²) in [5, 5.41) is 13.3. The second kappa shape index (κ2) is 6.41. The number of hydrogen-bond acceptors (Lipinski definition) is 6. The van der Waals surface area contributed by atoms with Gasteiger partial charge in [0.2, 0.25) is 0 Å². The average Bonchev–Trinajstić information content (AvgIpc) is 2.30. The van der Waals surface area contributed by atoms with Crippen LogP contribution in [0.1, 0.15) is 13.3 Å². The summed E-state index contributed by atoms with van der Waals surface area (Å²) >= 11 is 0. The molecule has 0 aliphatic rings. The molecule has 17 heavy (non-hydrogen) atoms. The van der Waals surface area contributed by atoms with Crippen LogP contribution < -0.4 is 5.32 Å². The fourth-order valence-electron chi connectivity index (χ4n) is 1.14. The summed E-state index contributed by atoms with van der Waals surface area (Å²) in [6.07, 6.45) is 1.59. The Kier molecular flexibility index (Phi) is 4.86. The molecule has 1 aromatic rings. The van der Waals surface area contributed by atoms with Crippen LogP contribution in [-0.2, 0) is 9.53 Å². The molecule has 1 rings (SSSR count). The highest BCUT2D eigenvalue weighted by atomic mass is 16.6. The van der Waals surface area contributed by atoms with E-state index in [9.17, 15) is 14.9 Å². The first-order valence-electron chi connectivity index (χ1n) is 5.13. The van der Waals surface area contributed by atoms with E-state index in [1.54, 1.807) is 6.92 Å². The van der Waals surface area contributed by atoms with Crippen LogP contribution in [0.2, 0.25) is 0 Å². The lowest BCUT2D eigenvalue weighted by atomic mass is 10.3. The lowest BCUT2D eigenvalue weighted by Crippen LogP contribution is -2.11. The highest BCUT2D eigenvalue weighted by Gasteiger charge is 2.06. The lowest BCUT2D eigenvalue weighted by Gasteiger charge is -2.04. The molecule has 0 bridgehead atoms. The van der Waals surface area contributed by atoms with Gasteiger partial charge in [0, 0.05) is 12.6 Å². The van der Waals surface area contributed by atoms with Crippen molar-refractivity contribution in [1.29, 1.82) is 0 Å². The zero-order valence-electron chi connectivity index (χ0n) is 9.38. The van der Waals surface area contributed by atoms with Crippen molar-refractivity contribution < 1.29 is 14.5 Å². The van der Waals surface area contributed by atoms with Crippen LogP contribution in [0.4, 0.5) is 11.5 Å². The van der Waals surface area contributed by atoms with Gasteiger partial charge >= 0.3 is 11.8 Å². The number of carbonyl (C=O) groups is 1. The topological polar surface area (TPSA) is 94.4 Å². The highest BCUT2D eigenvalue weighted by Crippen LogP contribution is 2.11. The summed E-state index contributed by atoms with van der Waals surface area (Å²) in [6, 6.07) is 2.84. The fraction of sp³-hybridized carbons (Fsp3) is 0.400. The molecule has 0 aliphatic heterocycles. The van der Waals surface area contributed by atoms with E-state index in [2.05, 4.69) is 10.3 Å². The van der Waals surface area contributed by atoms with Gasteiger partial charge in [-0.1, -0.05) is 0 Å². The number of ether oxygens (including phenoxy) is 1. The van der Waals surface area contributed by atoms with Crippen LogP contribution in [0.25, 0.3) is 0 Å².